The second kappa shape index (κ2) is 6.39. The third-order valence-electron chi connectivity index (χ3n) is 4.06. The van der Waals surface area contributed by atoms with Crippen molar-refractivity contribution in [2.24, 2.45) is 11.3 Å². The molecule has 2 unspecified atom stereocenters. The third-order valence-corrected chi connectivity index (χ3v) is 4.84. The second-order valence-electron chi connectivity index (χ2n) is 6.41. The van der Waals surface area contributed by atoms with Crippen LogP contribution >= 0.6 is 15.9 Å². The summed E-state index contributed by atoms with van der Waals surface area (Å²) in [4.78, 5) is 2.71. The van der Waals surface area contributed by atoms with Crippen molar-refractivity contribution in [1.29, 1.82) is 0 Å². The lowest BCUT2D eigenvalue weighted by Gasteiger charge is -2.36. The van der Waals surface area contributed by atoms with Crippen molar-refractivity contribution in [3.05, 3.63) is 0 Å². The van der Waals surface area contributed by atoms with Crippen LogP contribution in [0.3, 0.4) is 0 Å². The molecule has 0 aliphatic carbocycles. The molecule has 16 heavy (non-hydrogen) atoms. The van der Waals surface area contributed by atoms with Crippen molar-refractivity contribution in [3.63, 3.8) is 0 Å². The molecule has 1 aliphatic rings. The van der Waals surface area contributed by atoms with Crippen LogP contribution in [0.2, 0.25) is 0 Å². The van der Waals surface area contributed by atoms with Crippen LogP contribution in [0.15, 0.2) is 0 Å². The van der Waals surface area contributed by atoms with Crippen LogP contribution in [0.5, 0.6) is 0 Å². The predicted molar refractivity (Wildman–Crippen MR) is 76.2 cm³/mol. The fourth-order valence-corrected chi connectivity index (χ4v) is 3.62. The largest absolute Gasteiger partial charge is 0.300 e. The molecule has 1 fully saturated rings. The number of halogens is 1. The summed E-state index contributed by atoms with van der Waals surface area (Å²) in [6.45, 7) is 12.1. The van der Waals surface area contributed by atoms with Crippen LogP contribution in [0, 0.1) is 11.3 Å². The maximum Gasteiger partial charge on any atom is 0.00768 e. The predicted octanol–water partition coefficient (Wildman–Crippen LogP) is 4.31. The fraction of sp³-hybridized carbons (Fsp3) is 1.00. The molecule has 0 radical (unpaired) electrons. The number of nitrogens with zero attached hydrogens (tertiary/aromatic N) is 1. The minimum Gasteiger partial charge on any atom is -0.300 e. The molecular weight excluding hydrogens is 262 g/mol. The van der Waals surface area contributed by atoms with Crippen molar-refractivity contribution in [2.45, 2.75) is 59.4 Å². The first-order chi connectivity index (χ1) is 7.45. The summed E-state index contributed by atoms with van der Waals surface area (Å²) in [5.41, 5.74) is 0.412. The molecule has 0 saturated carbocycles. The lowest BCUT2D eigenvalue weighted by Crippen LogP contribution is -2.41. The molecule has 0 amide bonds. The molecule has 96 valence electrons. The molecule has 1 aliphatic heterocycles. The first-order valence-corrected chi connectivity index (χ1v) is 7.87. The second-order valence-corrected chi connectivity index (χ2v) is 7.06. The van der Waals surface area contributed by atoms with E-state index in [-0.39, 0.29) is 0 Å². The summed E-state index contributed by atoms with van der Waals surface area (Å²) in [7, 11) is 0. The van der Waals surface area contributed by atoms with Gasteiger partial charge >= 0.3 is 0 Å². The highest BCUT2D eigenvalue weighted by atomic mass is 79.9. The average molecular weight is 290 g/mol. The Labute approximate surface area is 110 Å². The van der Waals surface area contributed by atoms with Crippen LogP contribution in [-0.2, 0) is 0 Å². The Hall–Kier alpha value is 0.440. The van der Waals surface area contributed by atoms with Gasteiger partial charge in [-0.1, -0.05) is 49.5 Å². The Morgan fingerprint density at radius 3 is 2.50 bits per heavy atom. The lowest BCUT2D eigenvalue weighted by atomic mass is 9.81. The van der Waals surface area contributed by atoms with Gasteiger partial charge in [0.05, 0.1) is 0 Å². The minimum atomic E-state index is 0.412. The molecule has 0 aromatic carbocycles. The van der Waals surface area contributed by atoms with E-state index in [0.29, 0.717) is 5.41 Å². The van der Waals surface area contributed by atoms with Gasteiger partial charge < -0.3 is 4.90 Å². The molecule has 0 aromatic heterocycles. The van der Waals surface area contributed by atoms with Gasteiger partial charge in [-0.2, -0.15) is 0 Å². The molecule has 2 atom stereocenters. The van der Waals surface area contributed by atoms with Gasteiger partial charge in [-0.05, 0) is 37.6 Å². The van der Waals surface area contributed by atoms with E-state index in [0.717, 1.165) is 17.3 Å². The average Bonchev–Trinajstić information content (AvgIpc) is 2.38. The van der Waals surface area contributed by atoms with E-state index in [1.54, 1.807) is 0 Å². The van der Waals surface area contributed by atoms with Crippen LogP contribution in [0.1, 0.15) is 53.4 Å². The number of likely N-dealkylation sites (tertiary alicyclic amines) is 1. The Morgan fingerprint density at radius 2 is 1.94 bits per heavy atom. The van der Waals surface area contributed by atoms with Crippen molar-refractivity contribution >= 4 is 15.9 Å². The van der Waals surface area contributed by atoms with Gasteiger partial charge in [0, 0.05) is 17.9 Å². The normalized spacial score (nSPS) is 26.4. The van der Waals surface area contributed by atoms with Gasteiger partial charge in [-0.3, -0.25) is 0 Å². The summed E-state index contributed by atoms with van der Waals surface area (Å²) in [5, 5.41) is 1.12. The van der Waals surface area contributed by atoms with Crippen LogP contribution in [0.25, 0.3) is 0 Å². The van der Waals surface area contributed by atoms with E-state index in [1.807, 2.05) is 0 Å². The lowest BCUT2D eigenvalue weighted by molar-refractivity contribution is 0.135. The summed E-state index contributed by atoms with van der Waals surface area (Å²) in [6, 6.07) is 0.784. The zero-order chi connectivity index (χ0) is 12.2. The van der Waals surface area contributed by atoms with Gasteiger partial charge in [0.1, 0.15) is 0 Å². The highest BCUT2D eigenvalue weighted by molar-refractivity contribution is 9.09. The number of hydrogen-bond acceptors (Lipinski definition) is 1. The Morgan fingerprint density at radius 1 is 1.25 bits per heavy atom. The van der Waals surface area contributed by atoms with Crippen molar-refractivity contribution in [2.75, 3.05) is 18.4 Å². The SMILES string of the molecule is CC1CCCCCN1CC(CBr)C(C)(C)C. The molecule has 0 spiro atoms. The van der Waals surface area contributed by atoms with Crippen LogP contribution in [-0.4, -0.2) is 29.4 Å². The first-order valence-electron chi connectivity index (χ1n) is 6.75. The zero-order valence-corrected chi connectivity index (χ0v) is 13.0. The molecule has 0 N–H and O–H groups in total. The first kappa shape index (κ1) is 14.5. The maximum absolute atomic E-state index is 3.69. The van der Waals surface area contributed by atoms with Gasteiger partial charge in [-0.15, -0.1) is 0 Å². The molecule has 0 aromatic rings. The van der Waals surface area contributed by atoms with Crippen molar-refractivity contribution < 1.29 is 0 Å². The maximum atomic E-state index is 3.69. The van der Waals surface area contributed by atoms with Gasteiger partial charge in [0.25, 0.3) is 0 Å². The van der Waals surface area contributed by atoms with Crippen molar-refractivity contribution in [1.82, 2.24) is 4.90 Å². The highest BCUT2D eigenvalue weighted by Gasteiger charge is 2.27. The fourth-order valence-electron chi connectivity index (χ4n) is 2.44. The summed E-state index contributed by atoms with van der Waals surface area (Å²) >= 11 is 3.69. The van der Waals surface area contributed by atoms with Crippen molar-refractivity contribution in [3.8, 4) is 0 Å². The summed E-state index contributed by atoms with van der Waals surface area (Å²) < 4.78 is 0. The number of hydrogen-bond donors (Lipinski definition) is 0. The highest BCUT2D eigenvalue weighted by Crippen LogP contribution is 2.30. The molecular formula is C14H28BrN. The molecule has 2 heteroatoms. The Balaban J connectivity index is 2.55. The molecule has 1 rings (SSSR count). The van der Waals surface area contributed by atoms with E-state index < -0.39 is 0 Å². The molecule has 0 bridgehead atoms. The molecule has 1 saturated heterocycles. The Bertz CT molecular complexity index is 197. The van der Waals surface area contributed by atoms with Crippen LogP contribution in [0.4, 0.5) is 0 Å². The van der Waals surface area contributed by atoms with E-state index in [4.69, 9.17) is 0 Å². The standard InChI is InChI=1S/C14H28BrN/c1-12-8-6-5-7-9-16(12)11-13(10-15)14(2,3)4/h12-13H,5-11H2,1-4H3. The zero-order valence-electron chi connectivity index (χ0n) is 11.4. The number of alkyl halides is 1. The van der Waals surface area contributed by atoms with E-state index in [2.05, 4.69) is 48.5 Å². The van der Waals surface area contributed by atoms with Crippen LogP contribution < -0.4 is 0 Å². The van der Waals surface area contributed by atoms with Gasteiger partial charge in [-0.25, -0.2) is 0 Å². The smallest absolute Gasteiger partial charge is 0.00768 e. The monoisotopic (exact) mass is 289 g/mol. The number of rotatable bonds is 3. The summed E-state index contributed by atoms with van der Waals surface area (Å²) in [6.07, 6.45) is 5.63. The quantitative estimate of drug-likeness (QED) is 0.700. The molecule has 1 nitrogen and oxygen atoms in total. The Kier molecular flexibility index (Phi) is 5.79. The minimum absolute atomic E-state index is 0.412. The van der Waals surface area contributed by atoms with Gasteiger partial charge in [0.15, 0.2) is 0 Å². The van der Waals surface area contributed by atoms with E-state index in [1.165, 1.54) is 38.8 Å². The summed E-state index contributed by atoms with van der Waals surface area (Å²) in [5.74, 6) is 0.757. The van der Waals surface area contributed by atoms with E-state index >= 15 is 0 Å². The van der Waals surface area contributed by atoms with E-state index in [9.17, 15) is 0 Å². The third kappa shape index (κ3) is 4.37. The topological polar surface area (TPSA) is 3.24 Å². The molecule has 1 heterocycles. The van der Waals surface area contributed by atoms with Gasteiger partial charge in [0.2, 0.25) is 0 Å².